The maximum absolute atomic E-state index is 12.6. The van der Waals surface area contributed by atoms with Crippen molar-refractivity contribution in [2.45, 2.75) is 32.1 Å². The van der Waals surface area contributed by atoms with E-state index in [0.29, 0.717) is 18.7 Å². The highest BCUT2D eigenvalue weighted by molar-refractivity contribution is 5.94. The van der Waals surface area contributed by atoms with Crippen molar-refractivity contribution in [3.8, 4) is 0 Å². The van der Waals surface area contributed by atoms with Crippen LogP contribution in [0.15, 0.2) is 24.3 Å². The average Bonchev–Trinajstić information content (AvgIpc) is 2.52. The van der Waals surface area contributed by atoms with Gasteiger partial charge in [0, 0.05) is 43.8 Å². The molecule has 7 heteroatoms. The Labute approximate surface area is 147 Å². The number of benzene rings is 1. The van der Waals surface area contributed by atoms with E-state index in [9.17, 15) is 18.0 Å². The molecule has 25 heavy (non-hydrogen) atoms. The molecule has 1 aromatic carbocycles. The molecular weight excluding hydrogens is 331 g/mol. The molecule has 0 spiro atoms. The van der Waals surface area contributed by atoms with Crippen LogP contribution in [-0.4, -0.2) is 73.0 Å². The fourth-order valence-corrected chi connectivity index (χ4v) is 3.26. The first-order chi connectivity index (χ1) is 11.6. The predicted molar refractivity (Wildman–Crippen MR) is 91.5 cm³/mol. The molecule has 1 amide bonds. The van der Waals surface area contributed by atoms with Crippen molar-refractivity contribution in [1.82, 2.24) is 14.7 Å². The molecule has 0 N–H and O–H groups in total. The summed E-state index contributed by atoms with van der Waals surface area (Å²) in [7, 11) is 4.05. The summed E-state index contributed by atoms with van der Waals surface area (Å²) in [6.45, 7) is 7.20. The number of nitrogens with zero attached hydrogens (tertiary/aromatic N) is 3. The van der Waals surface area contributed by atoms with Gasteiger partial charge in [0.05, 0.1) is 5.56 Å². The van der Waals surface area contributed by atoms with Gasteiger partial charge in [-0.2, -0.15) is 13.2 Å². The lowest BCUT2D eigenvalue weighted by molar-refractivity contribution is -0.137. The van der Waals surface area contributed by atoms with Gasteiger partial charge in [-0.05, 0) is 52.2 Å². The molecule has 0 aliphatic carbocycles. The zero-order chi connectivity index (χ0) is 18.8. The van der Waals surface area contributed by atoms with Crippen LogP contribution in [0, 0.1) is 0 Å². The highest BCUT2D eigenvalue weighted by Gasteiger charge is 2.33. The number of hydrogen-bond donors (Lipinski definition) is 0. The summed E-state index contributed by atoms with van der Waals surface area (Å²) in [6.07, 6.45) is -4.39. The van der Waals surface area contributed by atoms with E-state index in [1.165, 1.54) is 12.1 Å². The van der Waals surface area contributed by atoms with E-state index in [2.05, 4.69) is 23.6 Å². The predicted octanol–water partition coefficient (Wildman–Crippen LogP) is 2.80. The summed E-state index contributed by atoms with van der Waals surface area (Å²) >= 11 is 0. The monoisotopic (exact) mass is 357 g/mol. The molecule has 1 saturated heterocycles. The molecule has 0 saturated carbocycles. The Morgan fingerprint density at radius 1 is 1.12 bits per heavy atom. The normalized spacial score (nSPS) is 22.5. The van der Waals surface area contributed by atoms with Crippen LogP contribution < -0.4 is 0 Å². The second kappa shape index (κ2) is 7.74. The summed E-state index contributed by atoms with van der Waals surface area (Å²) in [4.78, 5) is 18.9. The fourth-order valence-electron chi connectivity index (χ4n) is 3.26. The van der Waals surface area contributed by atoms with Gasteiger partial charge in [-0.1, -0.05) is 0 Å². The van der Waals surface area contributed by atoms with Crippen LogP contribution in [0.25, 0.3) is 0 Å². The molecular formula is C18H26F3N3O. The van der Waals surface area contributed by atoms with Crippen molar-refractivity contribution in [2.75, 3.05) is 40.3 Å². The Morgan fingerprint density at radius 2 is 1.64 bits per heavy atom. The van der Waals surface area contributed by atoms with Crippen molar-refractivity contribution in [3.05, 3.63) is 35.4 Å². The first kappa shape index (κ1) is 19.7. The first-order valence-electron chi connectivity index (χ1n) is 8.46. The van der Waals surface area contributed by atoms with Crippen molar-refractivity contribution in [1.29, 1.82) is 0 Å². The molecule has 1 aromatic rings. The van der Waals surface area contributed by atoms with Crippen molar-refractivity contribution in [3.63, 3.8) is 0 Å². The molecule has 1 fully saturated rings. The molecule has 2 unspecified atom stereocenters. The molecule has 2 rings (SSSR count). The van der Waals surface area contributed by atoms with E-state index < -0.39 is 11.7 Å². The number of hydrogen-bond acceptors (Lipinski definition) is 3. The number of rotatable bonds is 4. The third-order valence-corrected chi connectivity index (χ3v) is 4.65. The summed E-state index contributed by atoms with van der Waals surface area (Å²) in [5, 5.41) is 0. The Balaban J connectivity index is 2.04. The number of alkyl halides is 3. The van der Waals surface area contributed by atoms with Gasteiger partial charge < -0.3 is 9.80 Å². The van der Waals surface area contributed by atoms with Gasteiger partial charge in [-0.3, -0.25) is 9.69 Å². The topological polar surface area (TPSA) is 26.8 Å². The molecule has 2 atom stereocenters. The number of carbonyl (C=O) groups is 1. The number of piperazine rings is 1. The quantitative estimate of drug-likeness (QED) is 0.829. The fraction of sp³-hybridized carbons (Fsp3) is 0.611. The lowest BCUT2D eigenvalue weighted by atomic mass is 10.1. The number of carbonyl (C=O) groups excluding carboxylic acids is 1. The third-order valence-electron chi connectivity index (χ3n) is 4.65. The molecule has 0 aromatic heterocycles. The second-order valence-corrected chi connectivity index (χ2v) is 7.02. The van der Waals surface area contributed by atoms with Crippen LogP contribution in [0.2, 0.25) is 0 Å². The van der Waals surface area contributed by atoms with Gasteiger partial charge in [0.1, 0.15) is 0 Å². The molecule has 0 radical (unpaired) electrons. The lowest BCUT2D eigenvalue weighted by Crippen LogP contribution is -2.59. The maximum Gasteiger partial charge on any atom is 0.416 e. The minimum absolute atomic E-state index is 0.209. The summed E-state index contributed by atoms with van der Waals surface area (Å²) in [6, 6.07) is 4.88. The molecule has 1 heterocycles. The maximum atomic E-state index is 12.6. The van der Waals surface area contributed by atoms with Crippen LogP contribution in [-0.2, 0) is 6.18 Å². The van der Waals surface area contributed by atoms with E-state index in [4.69, 9.17) is 0 Å². The minimum atomic E-state index is -4.39. The summed E-state index contributed by atoms with van der Waals surface area (Å²) in [5.41, 5.74) is -0.437. The van der Waals surface area contributed by atoms with Crippen LogP contribution >= 0.6 is 0 Å². The Morgan fingerprint density at radius 3 is 2.08 bits per heavy atom. The minimum Gasteiger partial charge on any atom is -0.336 e. The standard InChI is InChI=1S/C18H26F3N3O/c1-13-11-23(12-14(2)24(13)10-9-22(3)4)17(25)15-5-7-16(8-6-15)18(19,20)21/h5-8,13-14H,9-12H2,1-4H3. The molecule has 1 aliphatic rings. The molecule has 140 valence electrons. The lowest BCUT2D eigenvalue weighted by Gasteiger charge is -2.44. The van der Waals surface area contributed by atoms with Gasteiger partial charge >= 0.3 is 6.18 Å². The van der Waals surface area contributed by atoms with Crippen molar-refractivity contribution < 1.29 is 18.0 Å². The smallest absolute Gasteiger partial charge is 0.336 e. The highest BCUT2D eigenvalue weighted by Crippen LogP contribution is 2.29. The van der Waals surface area contributed by atoms with Crippen LogP contribution in [0.1, 0.15) is 29.8 Å². The third kappa shape index (κ3) is 4.95. The van der Waals surface area contributed by atoms with E-state index in [-0.39, 0.29) is 18.0 Å². The van der Waals surface area contributed by atoms with E-state index in [1.807, 2.05) is 14.1 Å². The van der Waals surface area contributed by atoms with E-state index in [0.717, 1.165) is 25.2 Å². The largest absolute Gasteiger partial charge is 0.416 e. The van der Waals surface area contributed by atoms with Gasteiger partial charge in [0.15, 0.2) is 0 Å². The summed E-state index contributed by atoms with van der Waals surface area (Å²) in [5.74, 6) is -0.209. The van der Waals surface area contributed by atoms with Crippen molar-refractivity contribution in [2.24, 2.45) is 0 Å². The number of halogens is 3. The van der Waals surface area contributed by atoms with E-state index >= 15 is 0 Å². The second-order valence-electron chi connectivity index (χ2n) is 7.02. The molecule has 1 aliphatic heterocycles. The summed E-state index contributed by atoms with van der Waals surface area (Å²) < 4.78 is 37.9. The Bertz CT molecular complexity index is 574. The van der Waals surface area contributed by atoms with Gasteiger partial charge in [-0.25, -0.2) is 0 Å². The highest BCUT2D eigenvalue weighted by atomic mass is 19.4. The zero-order valence-electron chi connectivity index (χ0n) is 15.2. The Kier molecular flexibility index (Phi) is 6.11. The van der Waals surface area contributed by atoms with Gasteiger partial charge in [0.25, 0.3) is 5.91 Å². The Hall–Kier alpha value is -1.60. The van der Waals surface area contributed by atoms with Gasteiger partial charge in [0.2, 0.25) is 0 Å². The zero-order valence-corrected chi connectivity index (χ0v) is 15.2. The average molecular weight is 357 g/mol. The van der Waals surface area contributed by atoms with Crippen molar-refractivity contribution >= 4 is 5.91 Å². The molecule has 0 bridgehead atoms. The van der Waals surface area contributed by atoms with Crippen LogP contribution in [0.5, 0.6) is 0 Å². The molecule has 4 nitrogen and oxygen atoms in total. The number of likely N-dealkylation sites (N-methyl/N-ethyl adjacent to an activating group) is 1. The van der Waals surface area contributed by atoms with E-state index in [1.54, 1.807) is 4.90 Å². The van der Waals surface area contributed by atoms with Crippen LogP contribution in [0.3, 0.4) is 0 Å². The van der Waals surface area contributed by atoms with Crippen LogP contribution in [0.4, 0.5) is 13.2 Å². The number of amides is 1. The first-order valence-corrected chi connectivity index (χ1v) is 8.46. The van der Waals surface area contributed by atoms with Gasteiger partial charge in [-0.15, -0.1) is 0 Å². The SMILES string of the molecule is CC1CN(C(=O)c2ccc(C(F)(F)F)cc2)CC(C)N1CCN(C)C.